The van der Waals surface area contributed by atoms with Gasteiger partial charge >= 0.3 is 0 Å². The number of carbonyl (C=O) groups is 1. The second-order valence-electron chi connectivity index (χ2n) is 4.95. The second kappa shape index (κ2) is 6.37. The first-order valence-corrected chi connectivity index (χ1v) is 6.49. The van der Waals surface area contributed by atoms with Crippen LogP contribution in [0.15, 0.2) is 48.5 Å². The molecule has 5 heteroatoms. The van der Waals surface area contributed by atoms with Gasteiger partial charge < -0.3 is 4.90 Å². The molecule has 4 nitrogen and oxygen atoms in total. The van der Waals surface area contributed by atoms with Crippen molar-refractivity contribution in [3.8, 4) is 0 Å². The van der Waals surface area contributed by atoms with Gasteiger partial charge in [0.1, 0.15) is 5.82 Å². The molecule has 0 aromatic heterocycles. The molecule has 0 aliphatic rings. The maximum Gasteiger partial charge on any atom is 0.255 e. The fourth-order valence-corrected chi connectivity index (χ4v) is 2.21. The topological polar surface area (TPSA) is 52.6 Å². The molecule has 0 bridgehead atoms. The third kappa shape index (κ3) is 3.38. The van der Waals surface area contributed by atoms with Crippen LogP contribution in [0.3, 0.4) is 0 Å². The molecular formula is C16H17FN2O2. The fourth-order valence-electron chi connectivity index (χ4n) is 2.21. The largest absolute Gasteiger partial charge is 0.378 e. The van der Waals surface area contributed by atoms with Gasteiger partial charge in [0.25, 0.3) is 5.91 Å². The summed E-state index contributed by atoms with van der Waals surface area (Å²) in [6, 6.07) is 13.1. The Morgan fingerprint density at radius 3 is 2.33 bits per heavy atom. The molecule has 1 atom stereocenters. The number of carbonyl (C=O) groups excluding carboxylic acids is 1. The highest BCUT2D eigenvalue weighted by atomic mass is 19.1. The molecule has 0 aliphatic carbocycles. The van der Waals surface area contributed by atoms with Crippen LogP contribution in [-0.4, -0.2) is 25.2 Å². The number of hydrogen-bond acceptors (Lipinski definition) is 3. The predicted octanol–water partition coefficient (Wildman–Crippen LogP) is 2.53. The summed E-state index contributed by atoms with van der Waals surface area (Å²) in [4.78, 5) is 13.9. The van der Waals surface area contributed by atoms with Crippen molar-refractivity contribution >= 4 is 11.6 Å². The number of rotatable bonds is 4. The highest BCUT2D eigenvalue weighted by molar-refractivity contribution is 5.86. The molecule has 2 N–H and O–H groups in total. The Labute approximate surface area is 122 Å². The Bertz CT molecular complexity index is 626. The van der Waals surface area contributed by atoms with Crippen LogP contribution in [0.1, 0.15) is 17.0 Å². The minimum atomic E-state index is -0.762. The van der Waals surface area contributed by atoms with Crippen molar-refractivity contribution in [3.05, 3.63) is 65.5 Å². The molecule has 21 heavy (non-hydrogen) atoms. The van der Waals surface area contributed by atoms with Crippen molar-refractivity contribution in [2.45, 2.75) is 5.92 Å². The molecule has 0 aliphatic heterocycles. The lowest BCUT2D eigenvalue weighted by Crippen LogP contribution is -2.27. The summed E-state index contributed by atoms with van der Waals surface area (Å²) in [6.07, 6.45) is 0. The average Bonchev–Trinajstić information content (AvgIpc) is 2.48. The Hall–Kier alpha value is -2.40. The molecule has 0 saturated carbocycles. The quantitative estimate of drug-likeness (QED) is 0.671. The number of benzene rings is 2. The van der Waals surface area contributed by atoms with Gasteiger partial charge in [0.05, 0.1) is 5.92 Å². The van der Waals surface area contributed by atoms with Crippen LogP contribution < -0.4 is 10.4 Å². The van der Waals surface area contributed by atoms with Crippen LogP contribution in [0.4, 0.5) is 10.1 Å². The van der Waals surface area contributed by atoms with Gasteiger partial charge in [0.2, 0.25) is 0 Å². The number of hydrogen-bond donors (Lipinski definition) is 2. The van der Waals surface area contributed by atoms with Crippen LogP contribution in [0, 0.1) is 5.82 Å². The van der Waals surface area contributed by atoms with Crippen LogP contribution in [0.5, 0.6) is 0 Å². The molecule has 0 radical (unpaired) electrons. The maximum absolute atomic E-state index is 13.4. The van der Waals surface area contributed by atoms with E-state index in [0.717, 1.165) is 5.69 Å². The maximum atomic E-state index is 13.4. The average molecular weight is 288 g/mol. The third-order valence-corrected chi connectivity index (χ3v) is 3.30. The first kappa shape index (κ1) is 15.0. The summed E-state index contributed by atoms with van der Waals surface area (Å²) in [5.41, 5.74) is 3.80. The van der Waals surface area contributed by atoms with Crippen LogP contribution in [-0.2, 0) is 4.79 Å². The third-order valence-electron chi connectivity index (χ3n) is 3.30. The van der Waals surface area contributed by atoms with Gasteiger partial charge in [-0.25, -0.2) is 9.87 Å². The Morgan fingerprint density at radius 1 is 1.14 bits per heavy atom. The van der Waals surface area contributed by atoms with E-state index in [4.69, 9.17) is 5.21 Å². The molecular weight excluding hydrogens is 271 g/mol. The number of anilines is 1. The van der Waals surface area contributed by atoms with Crippen molar-refractivity contribution in [3.63, 3.8) is 0 Å². The monoisotopic (exact) mass is 288 g/mol. The summed E-state index contributed by atoms with van der Waals surface area (Å²) < 4.78 is 13.4. The van der Waals surface area contributed by atoms with E-state index in [1.807, 2.05) is 31.1 Å². The highest BCUT2D eigenvalue weighted by Gasteiger charge is 2.22. The van der Waals surface area contributed by atoms with E-state index >= 15 is 0 Å². The van der Waals surface area contributed by atoms with E-state index in [0.29, 0.717) is 11.1 Å². The van der Waals surface area contributed by atoms with Gasteiger partial charge in [0.15, 0.2) is 0 Å². The van der Waals surface area contributed by atoms with E-state index in [2.05, 4.69) is 0 Å². The minimum absolute atomic E-state index is 0.423. The first-order valence-electron chi connectivity index (χ1n) is 6.49. The standard InChI is InChI=1S/C16H17FN2O2/c1-19(2)14-8-6-11(7-9-14)15(16(20)18-21)12-4-3-5-13(17)10-12/h3-10,15,21H,1-2H3,(H,18,20). The number of amides is 1. The van der Waals surface area contributed by atoms with Gasteiger partial charge in [-0.2, -0.15) is 0 Å². The Balaban J connectivity index is 2.43. The van der Waals surface area contributed by atoms with E-state index in [-0.39, 0.29) is 0 Å². The van der Waals surface area contributed by atoms with E-state index in [9.17, 15) is 9.18 Å². The Morgan fingerprint density at radius 2 is 1.81 bits per heavy atom. The van der Waals surface area contributed by atoms with E-state index in [1.54, 1.807) is 23.7 Å². The van der Waals surface area contributed by atoms with Crippen molar-refractivity contribution in [2.24, 2.45) is 0 Å². The van der Waals surface area contributed by atoms with Gasteiger partial charge in [-0.3, -0.25) is 10.0 Å². The van der Waals surface area contributed by atoms with Gasteiger partial charge in [0, 0.05) is 19.8 Å². The molecule has 2 aromatic rings. The smallest absolute Gasteiger partial charge is 0.255 e. The van der Waals surface area contributed by atoms with Gasteiger partial charge in [-0.05, 0) is 35.4 Å². The summed E-state index contributed by atoms with van der Waals surface area (Å²) in [7, 11) is 3.83. The summed E-state index contributed by atoms with van der Waals surface area (Å²) in [5, 5.41) is 8.94. The highest BCUT2D eigenvalue weighted by Crippen LogP contribution is 2.27. The Kier molecular flexibility index (Phi) is 4.55. The van der Waals surface area contributed by atoms with Crippen LogP contribution in [0.2, 0.25) is 0 Å². The normalized spacial score (nSPS) is 11.8. The summed E-state index contributed by atoms with van der Waals surface area (Å²) in [5.74, 6) is -1.78. The van der Waals surface area contributed by atoms with Gasteiger partial charge in [-0.1, -0.05) is 24.3 Å². The lowest BCUT2D eigenvalue weighted by molar-refractivity contribution is -0.129. The van der Waals surface area contributed by atoms with Crippen molar-refractivity contribution in [1.29, 1.82) is 0 Å². The molecule has 0 heterocycles. The summed E-state index contributed by atoms with van der Waals surface area (Å²) >= 11 is 0. The molecule has 2 rings (SSSR count). The van der Waals surface area contributed by atoms with Crippen molar-refractivity contribution in [1.82, 2.24) is 5.48 Å². The number of nitrogens with zero attached hydrogens (tertiary/aromatic N) is 1. The lowest BCUT2D eigenvalue weighted by Gasteiger charge is -2.18. The SMILES string of the molecule is CN(C)c1ccc(C(C(=O)NO)c2cccc(F)c2)cc1. The zero-order valence-electron chi connectivity index (χ0n) is 11.9. The number of nitrogens with one attached hydrogen (secondary N) is 1. The van der Waals surface area contributed by atoms with E-state index < -0.39 is 17.6 Å². The molecule has 0 spiro atoms. The van der Waals surface area contributed by atoms with Crippen molar-refractivity contribution in [2.75, 3.05) is 19.0 Å². The lowest BCUT2D eigenvalue weighted by atomic mass is 9.90. The molecule has 0 fully saturated rings. The molecule has 1 amide bonds. The van der Waals surface area contributed by atoms with Crippen LogP contribution >= 0.6 is 0 Å². The fraction of sp³-hybridized carbons (Fsp3) is 0.188. The predicted molar refractivity (Wildman–Crippen MR) is 78.9 cm³/mol. The zero-order valence-corrected chi connectivity index (χ0v) is 11.9. The molecule has 2 aromatic carbocycles. The second-order valence-corrected chi connectivity index (χ2v) is 4.95. The van der Waals surface area contributed by atoms with Gasteiger partial charge in [-0.15, -0.1) is 0 Å². The molecule has 110 valence electrons. The van der Waals surface area contributed by atoms with Crippen LogP contribution in [0.25, 0.3) is 0 Å². The molecule has 0 saturated heterocycles. The van der Waals surface area contributed by atoms with E-state index in [1.165, 1.54) is 18.2 Å². The van der Waals surface area contributed by atoms with Crippen molar-refractivity contribution < 1.29 is 14.4 Å². The minimum Gasteiger partial charge on any atom is -0.378 e. The number of hydroxylamine groups is 1. The first-order chi connectivity index (χ1) is 10.0. The molecule has 1 unspecified atom stereocenters. The zero-order chi connectivity index (χ0) is 15.4. The number of halogens is 1. The summed E-state index contributed by atoms with van der Waals surface area (Å²) in [6.45, 7) is 0.